The Morgan fingerprint density at radius 1 is 0.920 bits per heavy atom. The van der Waals surface area contributed by atoms with E-state index >= 15 is 0 Å². The van der Waals surface area contributed by atoms with Gasteiger partial charge in [0.25, 0.3) is 0 Å². The van der Waals surface area contributed by atoms with Crippen molar-refractivity contribution < 1.29 is 38.8 Å². The summed E-state index contributed by atoms with van der Waals surface area (Å²) < 4.78 is 19.3. The molecule has 2 heterocycles. The number of benzene rings is 3. The summed E-state index contributed by atoms with van der Waals surface area (Å²) in [7, 11) is 0. The van der Waals surface area contributed by atoms with Crippen molar-refractivity contribution in [2.75, 3.05) is 13.1 Å². The number of aliphatic hydroxyl groups is 1. The normalized spacial score (nSPS) is 22.6. The Labute approximate surface area is 294 Å². The maximum absolute atomic E-state index is 13.2. The molecule has 0 spiro atoms. The van der Waals surface area contributed by atoms with E-state index in [0.717, 1.165) is 52.8 Å². The Morgan fingerprint density at radius 2 is 1.64 bits per heavy atom. The third-order valence-corrected chi connectivity index (χ3v) is 9.28. The third-order valence-electron chi connectivity index (χ3n) is 9.28. The summed E-state index contributed by atoms with van der Waals surface area (Å²) in [6.07, 6.45) is 0.885. The van der Waals surface area contributed by atoms with Crippen LogP contribution >= 0.6 is 0 Å². The lowest BCUT2D eigenvalue weighted by Gasteiger charge is -2.43. The predicted molar refractivity (Wildman–Crippen MR) is 189 cm³/mol. The Kier molecular flexibility index (Phi) is 12.4. The Balaban J connectivity index is 1.35. The molecule has 2 fully saturated rings. The van der Waals surface area contributed by atoms with Crippen LogP contribution in [0.15, 0.2) is 72.8 Å². The number of carboxylic acids is 1. The number of carbonyl (C=O) groups excluding carboxylic acids is 2. The average Bonchev–Trinajstić information content (AvgIpc) is 3.56. The molecule has 10 nitrogen and oxygen atoms in total. The molecule has 268 valence electrons. The molecule has 3 N–H and O–H groups in total. The second kappa shape index (κ2) is 16.7. The molecule has 2 aliphatic rings. The third kappa shape index (κ3) is 10.0. The van der Waals surface area contributed by atoms with Crippen molar-refractivity contribution in [3.63, 3.8) is 0 Å². The van der Waals surface area contributed by atoms with E-state index in [-0.39, 0.29) is 55.5 Å². The van der Waals surface area contributed by atoms with Gasteiger partial charge in [-0.05, 0) is 86.5 Å². The van der Waals surface area contributed by atoms with Crippen LogP contribution in [0.25, 0.3) is 11.1 Å². The van der Waals surface area contributed by atoms with Crippen molar-refractivity contribution in [1.82, 2.24) is 10.2 Å². The molecule has 0 saturated carbocycles. The highest BCUT2D eigenvalue weighted by atomic mass is 16.7. The quantitative estimate of drug-likeness (QED) is 0.177. The maximum Gasteiger partial charge on any atom is 0.323 e. The van der Waals surface area contributed by atoms with Gasteiger partial charge in [0, 0.05) is 37.4 Å². The van der Waals surface area contributed by atoms with Crippen LogP contribution in [0.3, 0.4) is 0 Å². The van der Waals surface area contributed by atoms with Crippen molar-refractivity contribution in [3.8, 4) is 11.1 Å². The highest BCUT2D eigenvalue weighted by Crippen LogP contribution is 2.43. The number of rotatable bonds is 13. The van der Waals surface area contributed by atoms with Gasteiger partial charge in [0.05, 0.1) is 18.8 Å². The van der Waals surface area contributed by atoms with Gasteiger partial charge < -0.3 is 29.7 Å². The molecule has 2 saturated heterocycles. The zero-order chi connectivity index (χ0) is 35.8. The number of aliphatic hydroxyl groups excluding tert-OH is 1. The van der Waals surface area contributed by atoms with E-state index in [1.54, 1.807) is 0 Å². The number of ether oxygens (including phenoxy) is 3. The highest BCUT2D eigenvalue weighted by Gasteiger charge is 2.42. The molecule has 0 aliphatic carbocycles. The first-order valence-electron chi connectivity index (χ1n) is 17.6. The first-order chi connectivity index (χ1) is 23.9. The van der Waals surface area contributed by atoms with Gasteiger partial charge in [-0.1, -0.05) is 67.6 Å². The van der Waals surface area contributed by atoms with Crippen LogP contribution in [-0.4, -0.2) is 63.8 Å². The molecule has 0 aromatic heterocycles. The van der Waals surface area contributed by atoms with E-state index in [4.69, 9.17) is 19.3 Å². The number of amides is 1. The monoisotopic (exact) mass is 686 g/mol. The molecule has 3 aromatic carbocycles. The SMILES string of the molecule is C[C@H]1[C@@H](CN2CCC[C@H]2C(=O)OC(C)(C)C)O[C@@H](c2cccc(-c3cccc(CNC(=O)CCCC(=O)O)c3)c2)O[C@H]1c1ccc(CO)cc1. The molecule has 10 heteroatoms. The average molecular weight is 687 g/mol. The van der Waals surface area contributed by atoms with Gasteiger partial charge in [-0.15, -0.1) is 0 Å². The minimum atomic E-state index is -0.910. The van der Waals surface area contributed by atoms with Crippen LogP contribution < -0.4 is 5.32 Å². The number of likely N-dealkylation sites (tertiary alicyclic amines) is 1. The summed E-state index contributed by atoms with van der Waals surface area (Å²) >= 11 is 0. The second-order valence-corrected chi connectivity index (χ2v) is 14.4. The van der Waals surface area contributed by atoms with E-state index in [1.807, 2.05) is 87.5 Å². The maximum atomic E-state index is 13.2. The summed E-state index contributed by atoms with van der Waals surface area (Å²) in [6, 6.07) is 23.5. The first kappa shape index (κ1) is 37.2. The number of hydrogen-bond acceptors (Lipinski definition) is 8. The van der Waals surface area contributed by atoms with Crippen LogP contribution in [0.5, 0.6) is 0 Å². The van der Waals surface area contributed by atoms with Gasteiger partial charge in [-0.25, -0.2) is 0 Å². The van der Waals surface area contributed by atoms with Crippen LogP contribution in [0.1, 0.15) is 94.4 Å². The summed E-state index contributed by atoms with van der Waals surface area (Å²) in [5.74, 6) is -1.33. The van der Waals surface area contributed by atoms with Gasteiger partial charge in [-0.2, -0.15) is 0 Å². The molecule has 1 amide bonds. The van der Waals surface area contributed by atoms with Gasteiger partial charge >= 0.3 is 11.9 Å². The van der Waals surface area contributed by atoms with Gasteiger partial charge in [0.2, 0.25) is 5.91 Å². The standard InChI is InChI=1S/C40H50N2O8/c1-26-34(24-42-20-8-13-33(42)38(47)50-40(2,3)4)48-39(49-37(26)29-18-16-27(25-43)17-19-29)32-12-6-11-31(22-32)30-10-5-9-28(21-30)23-41-35(44)14-7-15-36(45)46/h5-6,9-12,16-19,21-22,26,33-34,37,39,43H,7-8,13-15,20,23-25H2,1-4H3,(H,41,44)(H,45,46)/t26-,33-,34+,37+,39+/m0/s1. The van der Waals surface area contributed by atoms with Crippen LogP contribution in [0.4, 0.5) is 0 Å². The number of carbonyl (C=O) groups is 3. The number of carboxylic acid groups (broad SMARTS) is 1. The van der Waals surface area contributed by atoms with Crippen molar-refractivity contribution in [3.05, 3.63) is 95.1 Å². The van der Waals surface area contributed by atoms with E-state index in [1.165, 1.54) is 0 Å². The summed E-state index contributed by atoms with van der Waals surface area (Å²) in [4.78, 5) is 38.4. The van der Waals surface area contributed by atoms with Crippen LogP contribution in [0, 0.1) is 5.92 Å². The van der Waals surface area contributed by atoms with E-state index in [2.05, 4.69) is 23.2 Å². The molecule has 0 radical (unpaired) electrons. The zero-order valence-corrected chi connectivity index (χ0v) is 29.5. The summed E-state index contributed by atoms with van der Waals surface area (Å²) in [5.41, 5.74) is 4.98. The number of nitrogens with zero attached hydrogens (tertiary/aromatic N) is 1. The lowest BCUT2D eigenvalue weighted by Crippen LogP contribution is -2.48. The molecule has 50 heavy (non-hydrogen) atoms. The van der Waals surface area contributed by atoms with Gasteiger partial charge in [0.15, 0.2) is 6.29 Å². The molecule has 5 atom stereocenters. The van der Waals surface area contributed by atoms with E-state index in [0.29, 0.717) is 19.5 Å². The minimum absolute atomic E-state index is 0.0328. The number of nitrogens with one attached hydrogen (secondary N) is 1. The van der Waals surface area contributed by atoms with E-state index in [9.17, 15) is 19.5 Å². The molecule has 5 rings (SSSR count). The van der Waals surface area contributed by atoms with E-state index < -0.39 is 17.9 Å². The molecular formula is C40H50N2O8. The molecule has 2 aliphatic heterocycles. The highest BCUT2D eigenvalue weighted by molar-refractivity contribution is 5.77. The smallest absolute Gasteiger partial charge is 0.323 e. The molecule has 0 bridgehead atoms. The Bertz CT molecular complexity index is 1620. The summed E-state index contributed by atoms with van der Waals surface area (Å²) in [5, 5.41) is 21.3. The van der Waals surface area contributed by atoms with Crippen molar-refractivity contribution in [2.45, 2.75) is 103 Å². The fraction of sp³-hybridized carbons (Fsp3) is 0.475. The number of esters is 1. The number of hydrogen-bond donors (Lipinski definition) is 3. The van der Waals surface area contributed by atoms with Gasteiger partial charge in [0.1, 0.15) is 11.6 Å². The molecular weight excluding hydrogens is 636 g/mol. The van der Waals surface area contributed by atoms with Crippen molar-refractivity contribution in [1.29, 1.82) is 0 Å². The Hall–Kier alpha value is -4.09. The van der Waals surface area contributed by atoms with Crippen molar-refractivity contribution in [2.24, 2.45) is 5.92 Å². The van der Waals surface area contributed by atoms with Crippen molar-refractivity contribution >= 4 is 17.8 Å². The topological polar surface area (TPSA) is 135 Å². The first-order valence-corrected chi connectivity index (χ1v) is 17.6. The number of aliphatic carboxylic acids is 1. The lowest BCUT2D eigenvalue weighted by atomic mass is 9.89. The largest absolute Gasteiger partial charge is 0.481 e. The molecule has 3 aromatic rings. The van der Waals surface area contributed by atoms with Gasteiger partial charge in [-0.3, -0.25) is 19.3 Å². The second-order valence-electron chi connectivity index (χ2n) is 14.4. The van der Waals surface area contributed by atoms with Crippen LogP contribution in [0.2, 0.25) is 0 Å². The van der Waals surface area contributed by atoms with Crippen LogP contribution in [-0.2, 0) is 41.7 Å². The lowest BCUT2D eigenvalue weighted by molar-refractivity contribution is -0.276. The fourth-order valence-corrected chi connectivity index (χ4v) is 6.66. The fourth-order valence-electron chi connectivity index (χ4n) is 6.66. The summed E-state index contributed by atoms with van der Waals surface area (Å²) in [6.45, 7) is 9.43. The zero-order valence-electron chi connectivity index (χ0n) is 29.5. The molecule has 0 unspecified atom stereocenters. The minimum Gasteiger partial charge on any atom is -0.481 e. The predicted octanol–water partition coefficient (Wildman–Crippen LogP) is 6.31. The Morgan fingerprint density at radius 3 is 2.34 bits per heavy atom.